The summed E-state index contributed by atoms with van der Waals surface area (Å²) in [4.78, 5) is 36.2. The Balaban J connectivity index is 1.39. The lowest BCUT2D eigenvalue weighted by Gasteiger charge is -2.46. The Morgan fingerprint density at radius 2 is 2.00 bits per heavy atom. The molecular weight excluding hydrogens is 384 g/mol. The number of hydrogen-bond donors (Lipinski definition) is 0. The van der Waals surface area contributed by atoms with Crippen molar-refractivity contribution in [2.45, 2.75) is 12.0 Å². The van der Waals surface area contributed by atoms with Crippen molar-refractivity contribution in [2.24, 2.45) is 0 Å². The molecule has 0 radical (unpaired) electrons. The summed E-state index contributed by atoms with van der Waals surface area (Å²) >= 11 is 1.59. The summed E-state index contributed by atoms with van der Waals surface area (Å²) < 4.78 is 0. The van der Waals surface area contributed by atoms with Gasteiger partial charge in [0.15, 0.2) is 0 Å². The highest BCUT2D eigenvalue weighted by Crippen LogP contribution is 2.34. The second-order valence-electron chi connectivity index (χ2n) is 7.91. The average molecular weight is 407 g/mol. The number of likely N-dealkylation sites (tertiary alicyclic amines) is 1. The summed E-state index contributed by atoms with van der Waals surface area (Å²) in [6, 6.07) is 13.6. The molecule has 2 aliphatic heterocycles. The minimum absolute atomic E-state index is 0.0417. The Bertz CT molecular complexity index is 1080. The van der Waals surface area contributed by atoms with E-state index in [-0.39, 0.29) is 17.4 Å². The standard InChI is InChI=1S/C22H22N4O2S/c1-24-12-20(27)26(17-8-11-29-13-17)15-22(24)9-10-25(14-22)21(28)19-7-6-16-4-2-3-5-18(16)23-19/h2-8,11,13H,9-10,12,14-15H2,1H3/t22-/m0/s1. The molecule has 29 heavy (non-hydrogen) atoms. The van der Waals surface area contributed by atoms with Crippen LogP contribution in [0.3, 0.4) is 0 Å². The lowest BCUT2D eigenvalue weighted by atomic mass is 9.93. The Kier molecular flexibility index (Phi) is 4.37. The third kappa shape index (κ3) is 3.10. The molecule has 148 valence electrons. The van der Waals surface area contributed by atoms with Gasteiger partial charge in [-0.05, 0) is 37.0 Å². The predicted molar refractivity (Wildman–Crippen MR) is 114 cm³/mol. The summed E-state index contributed by atoms with van der Waals surface area (Å²) in [5.41, 5.74) is 2.04. The van der Waals surface area contributed by atoms with Gasteiger partial charge in [0.1, 0.15) is 5.69 Å². The first-order valence-corrected chi connectivity index (χ1v) is 10.7. The van der Waals surface area contributed by atoms with Gasteiger partial charge in [-0.25, -0.2) is 4.98 Å². The minimum atomic E-state index is -0.220. The Hall–Kier alpha value is -2.77. The number of aromatic nitrogens is 1. The number of carbonyl (C=O) groups is 2. The number of rotatable bonds is 2. The van der Waals surface area contributed by atoms with Gasteiger partial charge in [0.25, 0.3) is 5.91 Å². The highest BCUT2D eigenvalue weighted by atomic mass is 32.1. The van der Waals surface area contributed by atoms with Crippen LogP contribution >= 0.6 is 11.3 Å². The molecule has 3 aromatic rings. The summed E-state index contributed by atoms with van der Waals surface area (Å²) in [7, 11) is 1.99. The lowest BCUT2D eigenvalue weighted by Crippen LogP contribution is -2.64. The van der Waals surface area contributed by atoms with Crippen molar-refractivity contribution in [2.75, 3.05) is 38.1 Å². The van der Waals surface area contributed by atoms with Gasteiger partial charge in [0, 0.05) is 30.4 Å². The van der Waals surface area contributed by atoms with Gasteiger partial charge >= 0.3 is 0 Å². The molecule has 2 saturated heterocycles. The molecule has 1 aromatic carbocycles. The fourth-order valence-corrected chi connectivity index (χ4v) is 5.06. The highest BCUT2D eigenvalue weighted by Gasteiger charge is 2.48. The minimum Gasteiger partial charge on any atom is -0.335 e. The van der Waals surface area contributed by atoms with Crippen LogP contribution in [0.2, 0.25) is 0 Å². The molecule has 1 atom stereocenters. The second-order valence-corrected chi connectivity index (χ2v) is 8.69. The first-order valence-electron chi connectivity index (χ1n) is 9.75. The number of fused-ring (bicyclic) bond motifs is 1. The highest BCUT2D eigenvalue weighted by molar-refractivity contribution is 7.08. The summed E-state index contributed by atoms with van der Waals surface area (Å²) in [6.45, 7) is 2.24. The van der Waals surface area contributed by atoms with Gasteiger partial charge in [0.2, 0.25) is 5.91 Å². The fourth-order valence-electron chi connectivity index (χ4n) is 4.42. The van der Waals surface area contributed by atoms with Crippen molar-refractivity contribution in [3.63, 3.8) is 0 Å². The van der Waals surface area contributed by atoms with Crippen LogP contribution in [0.15, 0.2) is 53.2 Å². The molecule has 0 bridgehead atoms. The third-order valence-electron chi connectivity index (χ3n) is 6.19. The molecule has 0 saturated carbocycles. The first-order chi connectivity index (χ1) is 14.1. The number of nitrogens with zero attached hydrogens (tertiary/aromatic N) is 4. The van der Waals surface area contributed by atoms with E-state index in [9.17, 15) is 9.59 Å². The molecule has 5 rings (SSSR count). The maximum Gasteiger partial charge on any atom is 0.272 e. The molecule has 0 unspecified atom stereocenters. The quantitative estimate of drug-likeness (QED) is 0.657. The van der Waals surface area contributed by atoms with Gasteiger partial charge in [-0.3, -0.25) is 14.5 Å². The number of amides is 2. The van der Waals surface area contributed by atoms with Gasteiger partial charge in [0.05, 0.1) is 23.3 Å². The molecule has 2 aliphatic rings. The monoisotopic (exact) mass is 406 g/mol. The van der Waals surface area contributed by atoms with E-state index in [0.717, 1.165) is 23.0 Å². The maximum atomic E-state index is 13.2. The molecule has 6 nitrogen and oxygen atoms in total. The molecule has 0 N–H and O–H groups in total. The normalized spacial score (nSPS) is 22.7. The molecule has 0 aliphatic carbocycles. The van der Waals surface area contributed by atoms with Crippen LogP contribution in [-0.2, 0) is 4.79 Å². The average Bonchev–Trinajstić information content (AvgIpc) is 3.41. The number of benzene rings is 1. The van der Waals surface area contributed by atoms with E-state index >= 15 is 0 Å². The molecule has 2 fully saturated rings. The molecular formula is C22H22N4O2S. The van der Waals surface area contributed by atoms with E-state index in [1.165, 1.54) is 0 Å². The van der Waals surface area contributed by atoms with Gasteiger partial charge in [-0.15, -0.1) is 0 Å². The van der Waals surface area contributed by atoms with Gasteiger partial charge in [-0.2, -0.15) is 11.3 Å². The van der Waals surface area contributed by atoms with E-state index in [0.29, 0.717) is 31.9 Å². The van der Waals surface area contributed by atoms with Crippen LogP contribution in [0.4, 0.5) is 5.69 Å². The number of carbonyl (C=O) groups excluding carboxylic acids is 2. The van der Waals surface area contributed by atoms with Crippen LogP contribution < -0.4 is 4.90 Å². The summed E-state index contributed by atoms with van der Waals surface area (Å²) in [5, 5.41) is 5.02. The number of hydrogen-bond acceptors (Lipinski definition) is 5. The van der Waals surface area contributed by atoms with Crippen LogP contribution in [0, 0.1) is 0 Å². The Morgan fingerprint density at radius 1 is 1.14 bits per heavy atom. The molecule has 7 heteroatoms. The Morgan fingerprint density at radius 3 is 2.83 bits per heavy atom. The number of pyridine rings is 1. The van der Waals surface area contributed by atoms with Crippen molar-refractivity contribution >= 4 is 39.7 Å². The van der Waals surface area contributed by atoms with E-state index < -0.39 is 0 Å². The van der Waals surface area contributed by atoms with Crippen LogP contribution in [0.5, 0.6) is 0 Å². The number of para-hydroxylation sites is 1. The van der Waals surface area contributed by atoms with Crippen molar-refractivity contribution < 1.29 is 9.59 Å². The van der Waals surface area contributed by atoms with E-state index in [2.05, 4.69) is 9.88 Å². The Labute approximate surface area is 173 Å². The zero-order valence-corrected chi connectivity index (χ0v) is 17.1. The SMILES string of the molecule is CN1CC(=O)N(c2ccsc2)C[C@@]12CCN(C(=O)c1ccc3ccccc3n1)C2. The van der Waals surface area contributed by atoms with Crippen LogP contribution in [0.25, 0.3) is 10.9 Å². The second kappa shape index (κ2) is 6.93. The molecule has 2 amide bonds. The summed E-state index contributed by atoms with van der Waals surface area (Å²) in [5.74, 6) is 0.0671. The van der Waals surface area contributed by atoms with E-state index in [1.807, 2.05) is 64.0 Å². The number of anilines is 1. The van der Waals surface area contributed by atoms with Crippen LogP contribution in [0.1, 0.15) is 16.9 Å². The van der Waals surface area contributed by atoms with Gasteiger partial charge in [-0.1, -0.05) is 24.3 Å². The van der Waals surface area contributed by atoms with Crippen molar-refractivity contribution in [1.82, 2.24) is 14.8 Å². The first kappa shape index (κ1) is 18.3. The largest absolute Gasteiger partial charge is 0.335 e. The maximum absolute atomic E-state index is 13.2. The number of thiophene rings is 1. The fraction of sp³-hybridized carbons (Fsp3) is 0.318. The zero-order chi connectivity index (χ0) is 20.0. The number of likely N-dealkylation sites (N-methyl/N-ethyl adjacent to an activating group) is 1. The molecule has 1 spiro atoms. The molecule has 4 heterocycles. The number of piperazine rings is 1. The molecule has 2 aromatic heterocycles. The van der Waals surface area contributed by atoms with Crippen LogP contribution in [-0.4, -0.2) is 65.4 Å². The lowest BCUT2D eigenvalue weighted by molar-refractivity contribution is -0.123. The smallest absolute Gasteiger partial charge is 0.272 e. The summed E-state index contributed by atoms with van der Waals surface area (Å²) in [6.07, 6.45) is 0.844. The zero-order valence-electron chi connectivity index (χ0n) is 16.2. The van der Waals surface area contributed by atoms with E-state index in [1.54, 1.807) is 17.4 Å². The van der Waals surface area contributed by atoms with Crippen molar-refractivity contribution in [1.29, 1.82) is 0 Å². The van der Waals surface area contributed by atoms with Crippen molar-refractivity contribution in [3.8, 4) is 0 Å². The van der Waals surface area contributed by atoms with Gasteiger partial charge < -0.3 is 9.80 Å². The topological polar surface area (TPSA) is 56.8 Å². The van der Waals surface area contributed by atoms with E-state index in [4.69, 9.17) is 0 Å². The third-order valence-corrected chi connectivity index (χ3v) is 6.86. The predicted octanol–water partition coefficient (Wildman–Crippen LogP) is 2.86. The van der Waals surface area contributed by atoms with Crippen molar-refractivity contribution in [3.05, 3.63) is 58.9 Å².